The number of nitrogen functional groups attached to an aromatic ring is 1. The van der Waals surface area contributed by atoms with Gasteiger partial charge in [0.15, 0.2) is 0 Å². The van der Waals surface area contributed by atoms with Crippen molar-refractivity contribution in [3.63, 3.8) is 0 Å². The highest BCUT2D eigenvalue weighted by molar-refractivity contribution is 5.75. The zero-order chi connectivity index (χ0) is 18.0. The number of anilines is 1. The fourth-order valence-corrected chi connectivity index (χ4v) is 3.18. The summed E-state index contributed by atoms with van der Waals surface area (Å²) in [5.41, 5.74) is 10.1. The molecule has 0 unspecified atom stereocenters. The highest BCUT2D eigenvalue weighted by atomic mass is 16.3. The molecule has 0 amide bonds. The fraction of sp³-hybridized carbons (Fsp3) is 0.400. The van der Waals surface area contributed by atoms with Crippen molar-refractivity contribution >= 4 is 16.7 Å². The van der Waals surface area contributed by atoms with Crippen LogP contribution >= 0.6 is 0 Å². The van der Waals surface area contributed by atoms with Crippen molar-refractivity contribution < 1.29 is 5.11 Å². The molecule has 0 saturated carbocycles. The van der Waals surface area contributed by atoms with E-state index in [0.29, 0.717) is 5.69 Å². The molecule has 0 aliphatic heterocycles. The van der Waals surface area contributed by atoms with Gasteiger partial charge in [-0.1, -0.05) is 52.8 Å². The van der Waals surface area contributed by atoms with Gasteiger partial charge in [-0.2, -0.15) is 0 Å². The van der Waals surface area contributed by atoms with Gasteiger partial charge >= 0.3 is 0 Å². The summed E-state index contributed by atoms with van der Waals surface area (Å²) in [5.74, 6) is 0.162. The number of nitrogens with one attached hydrogen (secondary N) is 2. The number of phenolic OH excluding ortho intramolecular Hbond substituents is 1. The number of rotatable bonds is 2. The second-order valence-corrected chi connectivity index (χ2v) is 8.19. The molecule has 4 nitrogen and oxygen atoms in total. The average Bonchev–Trinajstić information content (AvgIpc) is 2.41. The molecule has 3 aromatic rings. The summed E-state index contributed by atoms with van der Waals surface area (Å²) in [7, 11) is 0. The number of aromatic nitrogens is 2. The van der Waals surface area contributed by atoms with Gasteiger partial charge in [-0.15, -0.1) is 0 Å². The minimum atomic E-state index is 0.0695. The maximum absolute atomic E-state index is 9.42. The van der Waals surface area contributed by atoms with Crippen LogP contribution in [0.1, 0.15) is 46.6 Å². The first-order chi connectivity index (χ1) is 11.1. The molecule has 24 heavy (non-hydrogen) atoms. The maximum atomic E-state index is 9.42. The quantitative estimate of drug-likeness (QED) is 0.386. The van der Waals surface area contributed by atoms with Gasteiger partial charge in [-0.25, -0.2) is 0 Å². The molecule has 2 aromatic carbocycles. The number of benzene rings is 2. The number of H-pyrrole nitrogens is 2. The van der Waals surface area contributed by atoms with E-state index >= 15 is 0 Å². The molecule has 0 fully saturated rings. The van der Waals surface area contributed by atoms with E-state index in [9.17, 15) is 5.11 Å². The monoisotopic (exact) mass is 327 g/mol. The summed E-state index contributed by atoms with van der Waals surface area (Å²) in [6, 6.07) is 13.6. The lowest BCUT2D eigenvalue weighted by Crippen LogP contribution is -2.24. The number of hydrogen-bond donors (Lipinski definition) is 4. The summed E-state index contributed by atoms with van der Waals surface area (Å²) in [5, 5.41) is 15.3. The topological polar surface area (TPSA) is 77.8 Å². The third-order valence-corrected chi connectivity index (χ3v) is 4.04. The summed E-state index contributed by atoms with van der Waals surface area (Å²) < 4.78 is 0. The van der Waals surface area contributed by atoms with Gasteiger partial charge in [-0.05, 0) is 47.1 Å². The Bertz CT molecular complexity index is 760. The molecule has 1 heterocycles. The average molecular weight is 327 g/mol. The Kier molecular flexibility index (Phi) is 4.97. The number of para-hydroxylation sites is 2. The van der Waals surface area contributed by atoms with Crippen LogP contribution in [0.3, 0.4) is 0 Å². The van der Waals surface area contributed by atoms with Crippen LogP contribution in [0.15, 0.2) is 42.5 Å². The Balaban J connectivity index is 0.000000214. The maximum Gasteiger partial charge on any atom is 0.138 e. The van der Waals surface area contributed by atoms with Crippen molar-refractivity contribution in [1.82, 2.24) is 10.2 Å². The van der Waals surface area contributed by atoms with Crippen LogP contribution in [0.25, 0.3) is 11.0 Å². The van der Waals surface area contributed by atoms with Gasteiger partial charge in [0.2, 0.25) is 0 Å². The summed E-state index contributed by atoms with van der Waals surface area (Å²) >= 11 is 0. The number of fused-ring (bicyclic) bond motifs is 1. The third kappa shape index (κ3) is 4.57. The van der Waals surface area contributed by atoms with Crippen LogP contribution in [0.2, 0.25) is 0 Å². The van der Waals surface area contributed by atoms with Crippen molar-refractivity contribution in [1.29, 1.82) is 0 Å². The van der Waals surface area contributed by atoms with Gasteiger partial charge in [-0.3, -0.25) is 10.2 Å². The Hall–Kier alpha value is -2.36. The molecule has 0 spiro atoms. The predicted molar refractivity (Wildman–Crippen MR) is 102 cm³/mol. The Morgan fingerprint density at radius 1 is 0.917 bits per heavy atom. The summed E-state index contributed by atoms with van der Waals surface area (Å²) in [6.07, 6.45) is 1.07. The number of hydrogen-bond acceptors (Lipinski definition) is 2. The molecule has 4 heteroatoms. The Labute approximate surface area is 144 Å². The number of phenols is 1. The normalized spacial score (nSPS) is 12.0. The minimum absolute atomic E-state index is 0.0695. The fourth-order valence-electron chi connectivity index (χ4n) is 3.18. The van der Waals surface area contributed by atoms with E-state index in [1.165, 1.54) is 16.6 Å². The molecule has 0 aliphatic rings. The van der Waals surface area contributed by atoms with Gasteiger partial charge < -0.3 is 10.8 Å². The van der Waals surface area contributed by atoms with Crippen LogP contribution < -0.4 is 5.73 Å². The first-order valence-corrected chi connectivity index (χ1v) is 8.28. The molecule has 0 aliphatic carbocycles. The SMILES string of the molecule is CC(C)(C)CC(C)(C)c1ccc(O)c(N)c1.c1ccc2[nH][nH]c2c1. The van der Waals surface area contributed by atoms with E-state index in [-0.39, 0.29) is 16.6 Å². The van der Waals surface area contributed by atoms with Gasteiger partial charge in [0.25, 0.3) is 0 Å². The zero-order valence-electron chi connectivity index (χ0n) is 15.3. The van der Waals surface area contributed by atoms with Crippen LogP contribution in [-0.2, 0) is 5.41 Å². The molecular weight excluding hydrogens is 298 g/mol. The van der Waals surface area contributed by atoms with Gasteiger partial charge in [0.1, 0.15) is 5.75 Å². The first-order valence-electron chi connectivity index (χ1n) is 8.28. The summed E-state index contributed by atoms with van der Waals surface area (Å²) in [4.78, 5) is 0. The summed E-state index contributed by atoms with van der Waals surface area (Å²) in [6.45, 7) is 11.1. The van der Waals surface area contributed by atoms with Crippen molar-refractivity contribution in [3.8, 4) is 5.75 Å². The van der Waals surface area contributed by atoms with E-state index in [1.807, 2.05) is 36.4 Å². The predicted octanol–water partition coefficient (Wildman–Crippen LogP) is 5.18. The molecule has 0 radical (unpaired) electrons. The molecule has 130 valence electrons. The van der Waals surface area contributed by atoms with Crippen LogP contribution in [0.4, 0.5) is 5.69 Å². The molecule has 5 N–H and O–H groups in total. The smallest absolute Gasteiger partial charge is 0.138 e. The van der Waals surface area contributed by atoms with Crippen molar-refractivity contribution in [2.24, 2.45) is 5.41 Å². The Morgan fingerprint density at radius 3 is 1.83 bits per heavy atom. The third-order valence-electron chi connectivity index (χ3n) is 4.04. The lowest BCUT2D eigenvalue weighted by molar-refractivity contribution is 0.284. The van der Waals surface area contributed by atoms with Crippen molar-refractivity contribution in [2.45, 2.75) is 46.5 Å². The van der Waals surface area contributed by atoms with Crippen molar-refractivity contribution in [3.05, 3.63) is 48.0 Å². The number of nitrogens with two attached hydrogens (primary N) is 1. The lowest BCUT2D eigenvalue weighted by Gasteiger charge is -2.33. The molecule has 1 aromatic heterocycles. The van der Waals surface area contributed by atoms with E-state index in [0.717, 1.165) is 6.42 Å². The molecular formula is C20H29N3O. The van der Waals surface area contributed by atoms with Crippen molar-refractivity contribution in [2.75, 3.05) is 5.73 Å². The molecule has 0 atom stereocenters. The van der Waals surface area contributed by atoms with E-state index in [2.05, 4.69) is 44.8 Å². The lowest BCUT2D eigenvalue weighted by atomic mass is 9.72. The van der Waals surface area contributed by atoms with Crippen LogP contribution in [-0.4, -0.2) is 15.3 Å². The van der Waals surface area contributed by atoms with Gasteiger partial charge in [0, 0.05) is 0 Å². The van der Waals surface area contributed by atoms with E-state index in [4.69, 9.17) is 5.73 Å². The largest absolute Gasteiger partial charge is 0.506 e. The standard InChI is InChI=1S/C14H23NO.C6H6N2/c1-13(2,3)9-14(4,5)10-6-7-12(16)11(15)8-10;1-2-4-6-5(3-1)7-8-6/h6-8,16H,9,15H2,1-5H3;1-4,7-8H. The number of aromatic amines is 2. The Morgan fingerprint density at radius 2 is 1.46 bits per heavy atom. The van der Waals surface area contributed by atoms with E-state index in [1.54, 1.807) is 6.07 Å². The van der Waals surface area contributed by atoms with Gasteiger partial charge in [0.05, 0.1) is 16.7 Å². The van der Waals surface area contributed by atoms with Crippen LogP contribution in [0, 0.1) is 5.41 Å². The number of aromatic hydroxyl groups is 1. The minimum Gasteiger partial charge on any atom is -0.506 e. The first kappa shape index (κ1) is 18.0. The highest BCUT2D eigenvalue weighted by Crippen LogP contribution is 2.37. The molecule has 0 bridgehead atoms. The second-order valence-electron chi connectivity index (χ2n) is 8.19. The second kappa shape index (κ2) is 6.63. The zero-order valence-corrected chi connectivity index (χ0v) is 15.3. The molecule has 3 rings (SSSR count). The van der Waals surface area contributed by atoms with Crippen LogP contribution in [0.5, 0.6) is 5.75 Å². The van der Waals surface area contributed by atoms with E-state index < -0.39 is 0 Å². The molecule has 0 saturated heterocycles. The highest BCUT2D eigenvalue weighted by Gasteiger charge is 2.27.